The molecule has 4 aromatic carbocycles. The van der Waals surface area contributed by atoms with Gasteiger partial charge in [-0.05, 0) is 53.2 Å². The number of para-hydroxylation sites is 1. The minimum Gasteiger partial charge on any atom is -0.456 e. The fourth-order valence-corrected chi connectivity index (χ4v) is 5.22. The van der Waals surface area contributed by atoms with E-state index in [0.29, 0.717) is 0 Å². The van der Waals surface area contributed by atoms with E-state index < -0.39 is 0 Å². The third-order valence-electron chi connectivity index (χ3n) is 6.99. The summed E-state index contributed by atoms with van der Waals surface area (Å²) in [6, 6.07) is 33.2. The number of furan rings is 2. The number of benzene rings is 4. The van der Waals surface area contributed by atoms with Crippen LogP contribution in [0.4, 0.5) is 17.2 Å². The largest absolute Gasteiger partial charge is 0.456 e. The second-order valence-electron chi connectivity index (χ2n) is 9.16. The Morgan fingerprint density at radius 2 is 1.27 bits per heavy atom. The Balaban J connectivity index is 1.38. The SMILES string of the molecule is c1ccc2cc(N(c3ccc4oc5cnccc5c4c3)c3cc4oc5ccccc5c4cn3)ccc2c1. The van der Waals surface area contributed by atoms with Crippen LogP contribution in [0.3, 0.4) is 0 Å². The monoisotopic (exact) mass is 477 g/mol. The Morgan fingerprint density at radius 1 is 0.514 bits per heavy atom. The number of pyridine rings is 2. The average Bonchev–Trinajstić information content (AvgIpc) is 3.51. The molecule has 0 aliphatic carbocycles. The quantitative estimate of drug-likeness (QED) is 0.254. The van der Waals surface area contributed by atoms with Gasteiger partial charge in [0.05, 0.1) is 6.20 Å². The Kier molecular flexibility index (Phi) is 4.16. The van der Waals surface area contributed by atoms with Crippen molar-refractivity contribution >= 4 is 71.8 Å². The van der Waals surface area contributed by atoms with E-state index in [4.69, 9.17) is 13.8 Å². The molecule has 4 heterocycles. The molecule has 0 atom stereocenters. The zero-order chi connectivity index (χ0) is 24.3. The molecule has 0 unspecified atom stereocenters. The Morgan fingerprint density at radius 3 is 2.24 bits per heavy atom. The molecule has 4 aromatic heterocycles. The maximum atomic E-state index is 6.21. The molecule has 0 saturated carbocycles. The molecule has 174 valence electrons. The second-order valence-corrected chi connectivity index (χ2v) is 9.16. The molecule has 8 aromatic rings. The van der Waals surface area contributed by atoms with Gasteiger partial charge in [-0.2, -0.15) is 0 Å². The van der Waals surface area contributed by atoms with Crippen molar-refractivity contribution in [1.29, 1.82) is 0 Å². The van der Waals surface area contributed by atoms with Crippen molar-refractivity contribution in [2.45, 2.75) is 0 Å². The number of anilines is 3. The van der Waals surface area contributed by atoms with Crippen molar-refractivity contribution in [3.8, 4) is 0 Å². The average molecular weight is 478 g/mol. The van der Waals surface area contributed by atoms with Gasteiger partial charge in [0, 0.05) is 51.4 Å². The number of rotatable bonds is 3. The third-order valence-corrected chi connectivity index (χ3v) is 6.99. The molecule has 0 amide bonds. The summed E-state index contributed by atoms with van der Waals surface area (Å²) in [6.45, 7) is 0. The maximum absolute atomic E-state index is 6.21. The summed E-state index contributed by atoms with van der Waals surface area (Å²) in [5.74, 6) is 0.774. The predicted octanol–water partition coefficient (Wildman–Crippen LogP) is 8.90. The van der Waals surface area contributed by atoms with Crippen molar-refractivity contribution in [2.24, 2.45) is 0 Å². The van der Waals surface area contributed by atoms with Gasteiger partial charge in [0.15, 0.2) is 5.58 Å². The number of hydrogen-bond donors (Lipinski definition) is 0. The van der Waals surface area contributed by atoms with Gasteiger partial charge in [0.2, 0.25) is 0 Å². The number of nitrogens with zero attached hydrogens (tertiary/aromatic N) is 3. The molecular weight excluding hydrogens is 458 g/mol. The van der Waals surface area contributed by atoms with Gasteiger partial charge >= 0.3 is 0 Å². The summed E-state index contributed by atoms with van der Waals surface area (Å²) < 4.78 is 12.2. The first-order valence-electron chi connectivity index (χ1n) is 12.1. The van der Waals surface area contributed by atoms with Gasteiger partial charge in [-0.15, -0.1) is 0 Å². The molecule has 0 bridgehead atoms. The van der Waals surface area contributed by atoms with Gasteiger partial charge in [0.1, 0.15) is 22.6 Å². The van der Waals surface area contributed by atoms with Gasteiger partial charge in [-0.1, -0.05) is 48.5 Å². The van der Waals surface area contributed by atoms with Crippen molar-refractivity contribution in [3.05, 3.63) is 116 Å². The first-order chi connectivity index (χ1) is 18.3. The van der Waals surface area contributed by atoms with Crippen LogP contribution in [0.25, 0.3) is 54.6 Å². The molecule has 0 saturated heterocycles. The standard InChI is InChI=1S/C32H19N3O2/c1-2-6-21-15-22(10-9-20(21)5-1)35(23-11-12-29-26(16-23)25-13-14-33-19-31(25)37-29)32-17-30-27(18-34-32)24-7-3-4-8-28(24)36-30/h1-19H. The fourth-order valence-electron chi connectivity index (χ4n) is 5.22. The van der Waals surface area contributed by atoms with Crippen molar-refractivity contribution in [3.63, 3.8) is 0 Å². The summed E-state index contributed by atoms with van der Waals surface area (Å²) in [7, 11) is 0. The Bertz CT molecular complexity index is 2120. The van der Waals surface area contributed by atoms with E-state index in [1.165, 1.54) is 5.39 Å². The summed E-state index contributed by atoms with van der Waals surface area (Å²) >= 11 is 0. The van der Waals surface area contributed by atoms with Crippen LogP contribution in [0.5, 0.6) is 0 Å². The van der Waals surface area contributed by atoms with E-state index >= 15 is 0 Å². The Labute approximate surface area is 211 Å². The maximum Gasteiger partial charge on any atom is 0.153 e. The van der Waals surface area contributed by atoms with Crippen LogP contribution in [0.15, 0.2) is 124 Å². The normalized spacial score (nSPS) is 11.8. The predicted molar refractivity (Wildman–Crippen MR) is 149 cm³/mol. The topological polar surface area (TPSA) is 55.3 Å². The van der Waals surface area contributed by atoms with E-state index in [-0.39, 0.29) is 0 Å². The van der Waals surface area contributed by atoms with Crippen LogP contribution in [0, 0.1) is 0 Å². The minimum absolute atomic E-state index is 0.772. The molecule has 0 N–H and O–H groups in total. The highest BCUT2D eigenvalue weighted by atomic mass is 16.3. The van der Waals surface area contributed by atoms with Crippen LogP contribution < -0.4 is 4.90 Å². The zero-order valence-electron chi connectivity index (χ0n) is 19.6. The van der Waals surface area contributed by atoms with Crippen LogP contribution in [0.1, 0.15) is 0 Å². The summed E-state index contributed by atoms with van der Waals surface area (Å²) in [6.07, 6.45) is 5.46. The molecule has 0 aliphatic heterocycles. The van der Waals surface area contributed by atoms with Crippen LogP contribution in [-0.4, -0.2) is 9.97 Å². The molecule has 0 radical (unpaired) electrons. The van der Waals surface area contributed by atoms with Crippen molar-refractivity contribution in [1.82, 2.24) is 9.97 Å². The highest BCUT2D eigenvalue weighted by Crippen LogP contribution is 2.40. The molecule has 0 fully saturated rings. The summed E-state index contributed by atoms with van der Waals surface area (Å²) in [5, 5.41) is 6.48. The molecule has 0 spiro atoms. The van der Waals surface area contributed by atoms with Gasteiger partial charge in [-0.3, -0.25) is 9.88 Å². The fraction of sp³-hybridized carbons (Fsp3) is 0. The first-order valence-corrected chi connectivity index (χ1v) is 12.1. The molecule has 8 rings (SSSR count). The first kappa shape index (κ1) is 20.1. The lowest BCUT2D eigenvalue weighted by molar-refractivity contribution is 0.666. The number of aromatic nitrogens is 2. The van der Waals surface area contributed by atoms with E-state index in [1.54, 1.807) is 12.4 Å². The second kappa shape index (κ2) is 7.67. The van der Waals surface area contributed by atoms with E-state index in [0.717, 1.165) is 66.5 Å². The van der Waals surface area contributed by atoms with E-state index in [2.05, 4.69) is 70.5 Å². The lowest BCUT2D eigenvalue weighted by Crippen LogP contribution is -2.11. The summed E-state index contributed by atoms with van der Waals surface area (Å²) in [5.41, 5.74) is 5.24. The molecule has 0 aliphatic rings. The highest BCUT2D eigenvalue weighted by Gasteiger charge is 2.18. The highest BCUT2D eigenvalue weighted by molar-refractivity contribution is 6.07. The third kappa shape index (κ3) is 3.11. The Hall–Kier alpha value is -5.16. The molecule has 5 nitrogen and oxygen atoms in total. The lowest BCUT2D eigenvalue weighted by Gasteiger charge is -2.24. The molecule has 37 heavy (non-hydrogen) atoms. The molecule has 5 heteroatoms. The van der Waals surface area contributed by atoms with Crippen molar-refractivity contribution in [2.75, 3.05) is 4.90 Å². The van der Waals surface area contributed by atoms with E-state index in [9.17, 15) is 0 Å². The number of hydrogen-bond acceptors (Lipinski definition) is 5. The smallest absolute Gasteiger partial charge is 0.153 e. The minimum atomic E-state index is 0.772. The van der Waals surface area contributed by atoms with Crippen LogP contribution in [-0.2, 0) is 0 Å². The lowest BCUT2D eigenvalue weighted by atomic mass is 10.1. The van der Waals surface area contributed by atoms with Gasteiger partial charge < -0.3 is 8.83 Å². The van der Waals surface area contributed by atoms with E-state index in [1.807, 2.05) is 42.6 Å². The van der Waals surface area contributed by atoms with Crippen LogP contribution >= 0.6 is 0 Å². The van der Waals surface area contributed by atoms with Gasteiger partial charge in [-0.25, -0.2) is 4.98 Å². The zero-order valence-corrected chi connectivity index (χ0v) is 19.6. The number of fused-ring (bicyclic) bond motifs is 7. The van der Waals surface area contributed by atoms with Gasteiger partial charge in [0.25, 0.3) is 0 Å². The summed E-state index contributed by atoms with van der Waals surface area (Å²) in [4.78, 5) is 11.3. The van der Waals surface area contributed by atoms with Crippen molar-refractivity contribution < 1.29 is 8.83 Å². The van der Waals surface area contributed by atoms with Crippen LogP contribution in [0.2, 0.25) is 0 Å². The molecular formula is C32H19N3O2.